The lowest BCUT2D eigenvalue weighted by atomic mass is 10.2. The molecule has 0 fully saturated rings. The Labute approximate surface area is 157 Å². The molecule has 1 aromatic carbocycles. The molecule has 3 aromatic heterocycles. The lowest BCUT2D eigenvalue weighted by molar-refractivity contribution is 0.228. The summed E-state index contributed by atoms with van der Waals surface area (Å²) in [6.45, 7) is 8.46. The van der Waals surface area contributed by atoms with Crippen LogP contribution >= 0.6 is 0 Å². The molecule has 0 radical (unpaired) electrons. The molecule has 8 nitrogen and oxygen atoms in total. The van der Waals surface area contributed by atoms with Gasteiger partial charge in [-0.25, -0.2) is 9.97 Å². The van der Waals surface area contributed by atoms with Crippen LogP contribution in [0.25, 0.3) is 27.8 Å². The highest BCUT2D eigenvalue weighted by atomic mass is 15.4. The second-order valence-corrected chi connectivity index (χ2v) is 6.60. The Kier molecular flexibility index (Phi) is 4.49. The Bertz CT molecular complexity index is 1060. The van der Waals surface area contributed by atoms with E-state index in [-0.39, 0.29) is 6.17 Å². The molecule has 140 valence electrons. The minimum absolute atomic E-state index is 0.204. The maximum absolute atomic E-state index is 4.81. The number of fused-ring (bicyclic) bond motifs is 2. The topological polar surface area (TPSA) is 78.8 Å². The van der Waals surface area contributed by atoms with E-state index in [0.29, 0.717) is 5.95 Å². The first-order valence-electron chi connectivity index (χ1n) is 9.22. The van der Waals surface area contributed by atoms with Crippen LogP contribution in [0.4, 0.5) is 5.95 Å². The zero-order valence-electron chi connectivity index (χ0n) is 16.1. The van der Waals surface area contributed by atoms with Crippen LogP contribution in [-0.2, 0) is 0 Å². The Morgan fingerprint density at radius 2 is 1.96 bits per heavy atom. The van der Waals surface area contributed by atoms with Crippen LogP contribution in [0.1, 0.15) is 20.8 Å². The molecule has 0 aliphatic rings. The van der Waals surface area contributed by atoms with Crippen molar-refractivity contribution >= 4 is 28.0 Å². The maximum atomic E-state index is 4.81. The summed E-state index contributed by atoms with van der Waals surface area (Å²) in [5, 5.41) is 8.17. The van der Waals surface area contributed by atoms with E-state index in [1.54, 1.807) is 12.5 Å². The van der Waals surface area contributed by atoms with Gasteiger partial charge in [-0.15, -0.1) is 0 Å². The summed E-state index contributed by atoms with van der Waals surface area (Å²) in [6.07, 6.45) is 5.59. The van der Waals surface area contributed by atoms with Crippen molar-refractivity contribution in [2.24, 2.45) is 0 Å². The van der Waals surface area contributed by atoms with E-state index < -0.39 is 0 Å². The van der Waals surface area contributed by atoms with Gasteiger partial charge in [-0.3, -0.25) is 14.6 Å². The molecule has 0 amide bonds. The minimum atomic E-state index is 0.204. The van der Waals surface area contributed by atoms with E-state index in [2.05, 4.69) is 50.7 Å². The van der Waals surface area contributed by atoms with Crippen molar-refractivity contribution in [2.75, 3.05) is 25.0 Å². The number of aromatic nitrogens is 6. The van der Waals surface area contributed by atoms with Crippen molar-refractivity contribution in [3.63, 3.8) is 0 Å². The summed E-state index contributed by atoms with van der Waals surface area (Å²) in [7, 11) is 2.03. The molecule has 0 aliphatic carbocycles. The Balaban J connectivity index is 1.74. The smallest absolute Gasteiger partial charge is 0.228 e. The molecule has 1 N–H and O–H groups in total. The van der Waals surface area contributed by atoms with E-state index in [1.165, 1.54) is 0 Å². The molecule has 4 rings (SSSR count). The number of benzene rings is 1. The van der Waals surface area contributed by atoms with Crippen LogP contribution in [0.5, 0.6) is 0 Å². The van der Waals surface area contributed by atoms with Crippen LogP contribution in [-0.4, -0.2) is 60.9 Å². The molecule has 0 aliphatic heterocycles. The number of hydrogen-bond acceptors (Lipinski definition) is 6. The third-order valence-electron chi connectivity index (χ3n) is 5.20. The molecule has 0 spiro atoms. The second-order valence-electron chi connectivity index (χ2n) is 6.60. The lowest BCUT2D eigenvalue weighted by Crippen LogP contribution is -2.45. The van der Waals surface area contributed by atoms with Gasteiger partial charge >= 0.3 is 0 Å². The third kappa shape index (κ3) is 3.02. The van der Waals surface area contributed by atoms with Crippen molar-refractivity contribution in [1.82, 2.24) is 34.6 Å². The zero-order valence-corrected chi connectivity index (χ0v) is 16.1. The van der Waals surface area contributed by atoms with E-state index in [0.717, 1.165) is 40.8 Å². The SMILES string of the molecule is CCN(CC)C(C)N(C)c1ncc2ncn(-c3ccc4cn[nH]c4c3)c2n1. The molecule has 8 heteroatoms. The fraction of sp³-hybridized carbons (Fsp3) is 0.368. The van der Waals surface area contributed by atoms with Crippen molar-refractivity contribution in [2.45, 2.75) is 26.9 Å². The van der Waals surface area contributed by atoms with Gasteiger partial charge < -0.3 is 4.90 Å². The highest BCUT2D eigenvalue weighted by Gasteiger charge is 2.19. The maximum Gasteiger partial charge on any atom is 0.228 e. The molecular weight excluding hydrogens is 340 g/mol. The molecular formula is C19H24N8. The molecule has 1 atom stereocenters. The van der Waals surface area contributed by atoms with Gasteiger partial charge in [0.2, 0.25) is 5.95 Å². The average Bonchev–Trinajstić information content (AvgIpc) is 3.33. The van der Waals surface area contributed by atoms with E-state index in [9.17, 15) is 0 Å². The van der Waals surface area contributed by atoms with Crippen LogP contribution in [0.2, 0.25) is 0 Å². The molecule has 1 unspecified atom stereocenters. The number of imidazole rings is 1. The molecule has 0 bridgehead atoms. The predicted octanol–water partition coefficient (Wildman–Crippen LogP) is 2.82. The number of hydrogen-bond donors (Lipinski definition) is 1. The largest absolute Gasteiger partial charge is 0.328 e. The standard InChI is InChI=1S/C19H24N8/c1-5-26(6-2)13(3)25(4)19-20-11-17-18(23-19)27(12-21-17)15-8-7-14-10-22-24-16(14)9-15/h7-13H,5-6H2,1-4H3,(H,22,24). The van der Waals surface area contributed by atoms with E-state index >= 15 is 0 Å². The van der Waals surface area contributed by atoms with Gasteiger partial charge in [0.25, 0.3) is 0 Å². The number of rotatable bonds is 6. The Morgan fingerprint density at radius 1 is 1.15 bits per heavy atom. The van der Waals surface area contributed by atoms with Crippen molar-refractivity contribution < 1.29 is 0 Å². The molecule has 4 aromatic rings. The fourth-order valence-electron chi connectivity index (χ4n) is 3.40. The highest BCUT2D eigenvalue weighted by Crippen LogP contribution is 2.22. The normalized spacial score (nSPS) is 12.9. The lowest BCUT2D eigenvalue weighted by Gasteiger charge is -2.33. The summed E-state index contributed by atoms with van der Waals surface area (Å²) < 4.78 is 1.98. The van der Waals surface area contributed by atoms with Crippen molar-refractivity contribution in [3.05, 3.63) is 36.9 Å². The van der Waals surface area contributed by atoms with Gasteiger partial charge in [0.1, 0.15) is 11.8 Å². The first-order valence-corrected chi connectivity index (χ1v) is 9.22. The van der Waals surface area contributed by atoms with Gasteiger partial charge in [-0.1, -0.05) is 13.8 Å². The highest BCUT2D eigenvalue weighted by molar-refractivity contribution is 5.81. The molecule has 27 heavy (non-hydrogen) atoms. The Hall–Kier alpha value is -3.00. The van der Waals surface area contributed by atoms with Gasteiger partial charge in [0.05, 0.1) is 29.8 Å². The number of aromatic amines is 1. The quantitative estimate of drug-likeness (QED) is 0.530. The van der Waals surface area contributed by atoms with E-state index in [1.807, 2.05) is 36.0 Å². The fourth-order valence-corrected chi connectivity index (χ4v) is 3.40. The summed E-state index contributed by atoms with van der Waals surface area (Å²) in [4.78, 5) is 18.3. The van der Waals surface area contributed by atoms with Crippen molar-refractivity contribution in [1.29, 1.82) is 0 Å². The Morgan fingerprint density at radius 3 is 2.74 bits per heavy atom. The summed E-state index contributed by atoms with van der Waals surface area (Å²) in [5.41, 5.74) is 3.53. The summed E-state index contributed by atoms with van der Waals surface area (Å²) >= 11 is 0. The first kappa shape index (κ1) is 17.4. The number of H-pyrrole nitrogens is 1. The van der Waals surface area contributed by atoms with E-state index in [4.69, 9.17) is 4.98 Å². The molecule has 0 saturated carbocycles. The minimum Gasteiger partial charge on any atom is -0.328 e. The van der Waals surface area contributed by atoms with Gasteiger partial charge in [0, 0.05) is 12.4 Å². The predicted molar refractivity (Wildman–Crippen MR) is 107 cm³/mol. The number of nitrogens with zero attached hydrogens (tertiary/aromatic N) is 7. The van der Waals surface area contributed by atoms with Gasteiger partial charge in [0.15, 0.2) is 5.65 Å². The summed E-state index contributed by atoms with van der Waals surface area (Å²) in [5.74, 6) is 0.686. The van der Waals surface area contributed by atoms with Crippen LogP contribution < -0.4 is 4.90 Å². The van der Waals surface area contributed by atoms with Gasteiger partial charge in [-0.2, -0.15) is 10.1 Å². The van der Waals surface area contributed by atoms with Crippen LogP contribution in [0.15, 0.2) is 36.9 Å². The average molecular weight is 364 g/mol. The van der Waals surface area contributed by atoms with Crippen LogP contribution in [0.3, 0.4) is 0 Å². The molecule has 0 saturated heterocycles. The third-order valence-corrected chi connectivity index (χ3v) is 5.20. The van der Waals surface area contributed by atoms with Crippen molar-refractivity contribution in [3.8, 4) is 5.69 Å². The van der Waals surface area contributed by atoms with Gasteiger partial charge in [-0.05, 0) is 38.2 Å². The number of anilines is 1. The summed E-state index contributed by atoms with van der Waals surface area (Å²) in [6, 6.07) is 6.13. The zero-order chi connectivity index (χ0) is 19.0. The number of nitrogens with one attached hydrogen (secondary N) is 1. The second kappa shape index (κ2) is 6.96. The first-order chi connectivity index (χ1) is 13.1. The monoisotopic (exact) mass is 364 g/mol. The van der Waals surface area contributed by atoms with Crippen LogP contribution in [0, 0.1) is 0 Å². The molecule has 3 heterocycles.